The van der Waals surface area contributed by atoms with Gasteiger partial charge in [-0.25, -0.2) is 0 Å². The highest BCUT2D eigenvalue weighted by molar-refractivity contribution is 7.65. The smallest absolute Gasteiger partial charge is 0.147 e. The van der Waals surface area contributed by atoms with Crippen molar-refractivity contribution >= 4 is 7.14 Å². The van der Waals surface area contributed by atoms with Crippen molar-refractivity contribution in [1.29, 1.82) is 0 Å². The Morgan fingerprint density at radius 1 is 1.13 bits per heavy atom. The predicted octanol–water partition coefficient (Wildman–Crippen LogP) is 1.06. The Morgan fingerprint density at radius 2 is 1.67 bits per heavy atom. The van der Waals surface area contributed by atoms with E-state index in [-0.39, 0.29) is 11.7 Å². The SMILES string of the molecule is O=P(CC1CCNCC1)(C1CO1)C1CO1. The van der Waals surface area contributed by atoms with Gasteiger partial charge in [0.15, 0.2) is 0 Å². The first-order valence-electron chi connectivity index (χ1n) is 5.81. The summed E-state index contributed by atoms with van der Waals surface area (Å²) in [5.74, 6) is 0.699. The lowest BCUT2D eigenvalue weighted by molar-refractivity contribution is 0.386. The van der Waals surface area contributed by atoms with Crippen molar-refractivity contribution in [2.75, 3.05) is 32.5 Å². The van der Waals surface area contributed by atoms with Crippen LogP contribution in [0.5, 0.6) is 0 Å². The van der Waals surface area contributed by atoms with E-state index in [9.17, 15) is 4.57 Å². The molecule has 86 valence electrons. The molecular weight excluding hydrogens is 213 g/mol. The van der Waals surface area contributed by atoms with Crippen LogP contribution in [0.3, 0.4) is 0 Å². The summed E-state index contributed by atoms with van der Waals surface area (Å²) in [5, 5.41) is 3.34. The van der Waals surface area contributed by atoms with Gasteiger partial charge in [0.1, 0.15) is 18.8 Å². The molecule has 0 amide bonds. The lowest BCUT2D eigenvalue weighted by Gasteiger charge is -2.25. The summed E-state index contributed by atoms with van der Waals surface area (Å²) in [4.78, 5) is 0. The van der Waals surface area contributed by atoms with Crippen LogP contribution in [-0.2, 0) is 14.0 Å². The molecule has 0 saturated carbocycles. The van der Waals surface area contributed by atoms with Crippen molar-refractivity contribution < 1.29 is 14.0 Å². The molecule has 2 unspecified atom stereocenters. The predicted molar refractivity (Wildman–Crippen MR) is 57.5 cm³/mol. The molecule has 0 bridgehead atoms. The van der Waals surface area contributed by atoms with Gasteiger partial charge in [0.2, 0.25) is 0 Å². The van der Waals surface area contributed by atoms with Gasteiger partial charge in [-0.05, 0) is 31.8 Å². The van der Waals surface area contributed by atoms with E-state index in [0.717, 1.165) is 32.1 Å². The second-order valence-electron chi connectivity index (χ2n) is 4.81. The Kier molecular flexibility index (Phi) is 2.63. The van der Waals surface area contributed by atoms with Crippen molar-refractivity contribution in [3.05, 3.63) is 0 Å². The Morgan fingerprint density at radius 3 is 2.13 bits per heavy atom. The van der Waals surface area contributed by atoms with Crippen LogP contribution in [0.2, 0.25) is 0 Å². The van der Waals surface area contributed by atoms with Crippen LogP contribution >= 0.6 is 7.14 Å². The monoisotopic (exact) mass is 231 g/mol. The minimum atomic E-state index is -2.18. The largest absolute Gasteiger partial charge is 0.365 e. The first-order valence-corrected chi connectivity index (χ1v) is 7.84. The minimum Gasteiger partial charge on any atom is -0.365 e. The van der Waals surface area contributed by atoms with Crippen molar-refractivity contribution in [1.82, 2.24) is 5.32 Å². The first kappa shape index (κ1) is 10.3. The molecule has 2 atom stereocenters. The molecule has 3 heterocycles. The average molecular weight is 231 g/mol. The van der Waals surface area contributed by atoms with Gasteiger partial charge in [0.25, 0.3) is 0 Å². The van der Waals surface area contributed by atoms with Crippen LogP contribution in [0.1, 0.15) is 12.8 Å². The third-order valence-corrected chi connectivity index (χ3v) is 7.24. The highest BCUT2D eigenvalue weighted by Gasteiger charge is 2.54. The highest BCUT2D eigenvalue weighted by atomic mass is 31.2. The molecule has 0 radical (unpaired) electrons. The second-order valence-corrected chi connectivity index (χ2v) is 8.03. The van der Waals surface area contributed by atoms with Crippen LogP contribution in [0.15, 0.2) is 0 Å². The van der Waals surface area contributed by atoms with Gasteiger partial charge in [-0.15, -0.1) is 0 Å². The van der Waals surface area contributed by atoms with Crippen molar-refractivity contribution in [2.24, 2.45) is 5.92 Å². The molecule has 0 spiro atoms. The molecule has 3 fully saturated rings. The van der Waals surface area contributed by atoms with Gasteiger partial charge >= 0.3 is 0 Å². The molecule has 0 aliphatic carbocycles. The second kappa shape index (κ2) is 3.85. The number of piperidine rings is 1. The topological polar surface area (TPSA) is 54.2 Å². The fraction of sp³-hybridized carbons (Fsp3) is 1.00. The average Bonchev–Trinajstić information content (AvgIpc) is 3.09. The fourth-order valence-corrected chi connectivity index (χ4v) is 5.67. The summed E-state index contributed by atoms with van der Waals surface area (Å²) < 4.78 is 23.3. The van der Waals surface area contributed by atoms with Crippen LogP contribution in [0.4, 0.5) is 0 Å². The zero-order chi connectivity index (χ0) is 10.3. The van der Waals surface area contributed by atoms with E-state index < -0.39 is 7.14 Å². The van der Waals surface area contributed by atoms with Gasteiger partial charge in [0.05, 0.1) is 13.2 Å². The van der Waals surface area contributed by atoms with E-state index >= 15 is 0 Å². The maximum Gasteiger partial charge on any atom is 0.147 e. The number of hydrogen-bond acceptors (Lipinski definition) is 4. The van der Waals surface area contributed by atoms with Crippen molar-refractivity contribution in [3.63, 3.8) is 0 Å². The number of epoxide rings is 2. The molecule has 0 aromatic rings. The Labute approximate surface area is 90.1 Å². The van der Waals surface area contributed by atoms with Gasteiger partial charge in [0, 0.05) is 6.16 Å². The van der Waals surface area contributed by atoms with E-state index in [4.69, 9.17) is 9.47 Å². The molecule has 0 aromatic carbocycles. The maximum absolute atomic E-state index is 12.7. The maximum atomic E-state index is 12.7. The Hall–Kier alpha value is 0.110. The lowest BCUT2D eigenvalue weighted by atomic mass is 10.0. The lowest BCUT2D eigenvalue weighted by Crippen LogP contribution is -2.30. The number of nitrogens with one attached hydrogen (secondary N) is 1. The first-order chi connectivity index (χ1) is 7.29. The molecule has 3 aliphatic heterocycles. The van der Waals surface area contributed by atoms with Crippen molar-refractivity contribution in [3.8, 4) is 0 Å². The highest BCUT2D eigenvalue weighted by Crippen LogP contribution is 2.65. The molecule has 0 aromatic heterocycles. The number of ether oxygens (including phenoxy) is 2. The fourth-order valence-electron chi connectivity index (χ4n) is 2.48. The van der Waals surface area contributed by atoms with Crippen LogP contribution in [-0.4, -0.2) is 44.2 Å². The van der Waals surface area contributed by atoms with Gasteiger partial charge < -0.3 is 19.4 Å². The molecular formula is C10H18NO3P. The summed E-state index contributed by atoms with van der Waals surface area (Å²) in [6.45, 7) is 3.54. The number of hydrogen-bond donors (Lipinski definition) is 1. The van der Waals surface area contributed by atoms with Gasteiger partial charge in [-0.3, -0.25) is 0 Å². The molecule has 4 nitrogen and oxygen atoms in total. The zero-order valence-corrected chi connectivity index (χ0v) is 9.75. The normalized spacial score (nSPS) is 39.7. The van der Waals surface area contributed by atoms with E-state index in [1.807, 2.05) is 0 Å². The molecule has 15 heavy (non-hydrogen) atoms. The number of rotatable bonds is 4. The van der Waals surface area contributed by atoms with Crippen LogP contribution in [0, 0.1) is 5.92 Å². The quantitative estimate of drug-likeness (QED) is 0.580. The zero-order valence-electron chi connectivity index (χ0n) is 8.85. The third kappa shape index (κ3) is 2.14. The molecule has 1 N–H and O–H groups in total. The molecule has 3 aliphatic rings. The summed E-state index contributed by atoms with van der Waals surface area (Å²) >= 11 is 0. The van der Waals surface area contributed by atoms with E-state index in [1.54, 1.807) is 0 Å². The van der Waals surface area contributed by atoms with E-state index in [0.29, 0.717) is 19.1 Å². The van der Waals surface area contributed by atoms with Crippen LogP contribution < -0.4 is 5.32 Å². The summed E-state index contributed by atoms with van der Waals surface area (Å²) in [5.41, 5.74) is 0. The van der Waals surface area contributed by atoms with Crippen LogP contribution in [0.25, 0.3) is 0 Å². The van der Waals surface area contributed by atoms with E-state index in [2.05, 4.69) is 5.32 Å². The molecule has 3 rings (SSSR count). The standard InChI is InChI=1S/C10H18NO3P/c12-15(9-5-13-9,10-6-14-10)7-8-1-3-11-4-2-8/h8-11H,1-7H2. The third-order valence-electron chi connectivity index (χ3n) is 3.61. The molecule has 5 heteroatoms. The molecule has 3 saturated heterocycles. The summed E-state index contributed by atoms with van der Waals surface area (Å²) in [6, 6.07) is 0. The van der Waals surface area contributed by atoms with E-state index in [1.165, 1.54) is 0 Å². The minimum absolute atomic E-state index is 0.0416. The van der Waals surface area contributed by atoms with Crippen molar-refractivity contribution in [2.45, 2.75) is 24.5 Å². The van der Waals surface area contributed by atoms with Gasteiger partial charge in [-0.2, -0.15) is 0 Å². The summed E-state index contributed by atoms with van der Waals surface area (Å²) in [7, 11) is -2.18. The summed E-state index contributed by atoms with van der Waals surface area (Å²) in [6.07, 6.45) is 3.16. The Bertz CT molecular complexity index is 266. The Balaban J connectivity index is 1.64. The van der Waals surface area contributed by atoms with Gasteiger partial charge in [-0.1, -0.05) is 0 Å².